The van der Waals surface area contributed by atoms with Crippen LogP contribution in [0.3, 0.4) is 0 Å². The van der Waals surface area contributed by atoms with E-state index >= 15 is 0 Å². The Labute approximate surface area is 90.4 Å². The number of carbonyl (C=O) groups is 1. The Balaban J connectivity index is 4.17. The van der Waals surface area contributed by atoms with Crippen LogP contribution in [0.15, 0.2) is 0 Å². The summed E-state index contributed by atoms with van der Waals surface area (Å²) in [6.45, 7) is 6.00. The maximum Gasteiger partial charge on any atom is 0.335 e. The Morgan fingerprint density at radius 1 is 1.57 bits per heavy atom. The minimum Gasteiger partial charge on any atom is -0.479 e. The smallest absolute Gasteiger partial charge is 0.335 e. The molecule has 0 rings (SSSR count). The third-order valence-electron chi connectivity index (χ3n) is 2.15. The summed E-state index contributed by atoms with van der Waals surface area (Å²) in [5.74, 6) is -0.110. The van der Waals surface area contributed by atoms with Crippen molar-refractivity contribution in [3.8, 4) is 0 Å². The molecule has 0 aromatic carbocycles. The van der Waals surface area contributed by atoms with Crippen LogP contribution < -0.4 is 0 Å². The molecule has 1 unspecified atom stereocenters. The minimum atomic E-state index is -1.08. The molecule has 1 N–H and O–H groups in total. The molecule has 1 atom stereocenters. The summed E-state index contributed by atoms with van der Waals surface area (Å²) >= 11 is 5.46. The highest BCUT2D eigenvalue weighted by Crippen LogP contribution is 2.21. The first-order chi connectivity index (χ1) is 6.42. The number of carboxylic acids is 1. The van der Waals surface area contributed by atoms with Crippen molar-refractivity contribution in [1.82, 2.24) is 0 Å². The van der Waals surface area contributed by atoms with E-state index in [4.69, 9.17) is 21.4 Å². The SMILES string of the molecule is CC(C)CCC(C)(OCCCl)C(=O)O. The lowest BCUT2D eigenvalue weighted by Crippen LogP contribution is -2.39. The number of aliphatic carboxylic acids is 1. The lowest BCUT2D eigenvalue weighted by atomic mass is 9.95. The van der Waals surface area contributed by atoms with Crippen LogP contribution in [0.2, 0.25) is 0 Å². The number of hydrogen-bond donors (Lipinski definition) is 1. The summed E-state index contributed by atoms with van der Waals surface area (Å²) in [6.07, 6.45) is 1.36. The van der Waals surface area contributed by atoms with Gasteiger partial charge in [0.1, 0.15) is 0 Å². The molecule has 0 spiro atoms. The fourth-order valence-corrected chi connectivity index (χ4v) is 1.15. The second kappa shape index (κ2) is 6.25. The summed E-state index contributed by atoms with van der Waals surface area (Å²) < 4.78 is 5.26. The zero-order chi connectivity index (χ0) is 11.2. The zero-order valence-electron chi connectivity index (χ0n) is 9.05. The summed E-state index contributed by atoms with van der Waals surface area (Å²) in [7, 11) is 0. The van der Waals surface area contributed by atoms with E-state index in [1.165, 1.54) is 0 Å². The van der Waals surface area contributed by atoms with E-state index in [1.807, 2.05) is 0 Å². The molecule has 4 heteroatoms. The van der Waals surface area contributed by atoms with Crippen LogP contribution in [0.1, 0.15) is 33.6 Å². The number of halogens is 1. The van der Waals surface area contributed by atoms with Gasteiger partial charge in [-0.3, -0.25) is 0 Å². The van der Waals surface area contributed by atoms with Crippen molar-refractivity contribution >= 4 is 17.6 Å². The van der Waals surface area contributed by atoms with Crippen molar-refractivity contribution in [2.45, 2.75) is 39.2 Å². The van der Waals surface area contributed by atoms with Gasteiger partial charge in [0.05, 0.1) is 6.61 Å². The summed E-state index contributed by atoms with van der Waals surface area (Å²) in [4.78, 5) is 11.0. The monoisotopic (exact) mass is 222 g/mol. The van der Waals surface area contributed by atoms with Crippen LogP contribution in [-0.2, 0) is 9.53 Å². The molecular weight excluding hydrogens is 204 g/mol. The van der Waals surface area contributed by atoms with Gasteiger partial charge in [0.25, 0.3) is 0 Å². The van der Waals surface area contributed by atoms with Crippen molar-refractivity contribution in [3.63, 3.8) is 0 Å². The lowest BCUT2D eigenvalue weighted by Gasteiger charge is -2.25. The largest absolute Gasteiger partial charge is 0.479 e. The number of carboxylic acid groups (broad SMARTS) is 1. The molecular formula is C10H19ClO3. The van der Waals surface area contributed by atoms with E-state index in [1.54, 1.807) is 6.92 Å². The quantitative estimate of drug-likeness (QED) is 0.674. The van der Waals surface area contributed by atoms with Gasteiger partial charge in [-0.25, -0.2) is 4.79 Å². The number of rotatable bonds is 7. The summed E-state index contributed by atoms with van der Waals surface area (Å²) in [6, 6.07) is 0. The zero-order valence-corrected chi connectivity index (χ0v) is 9.80. The summed E-state index contributed by atoms with van der Waals surface area (Å²) in [5.41, 5.74) is -1.08. The van der Waals surface area contributed by atoms with Crippen LogP contribution in [0.4, 0.5) is 0 Å². The molecule has 3 nitrogen and oxygen atoms in total. The van der Waals surface area contributed by atoms with Gasteiger partial charge >= 0.3 is 5.97 Å². The molecule has 0 fully saturated rings. The van der Waals surface area contributed by atoms with E-state index < -0.39 is 11.6 Å². The molecule has 0 heterocycles. The van der Waals surface area contributed by atoms with Gasteiger partial charge in [0.15, 0.2) is 5.60 Å². The van der Waals surface area contributed by atoms with Crippen LogP contribution >= 0.6 is 11.6 Å². The molecule has 0 saturated carbocycles. The maximum atomic E-state index is 11.0. The Kier molecular flexibility index (Phi) is 6.12. The first kappa shape index (κ1) is 13.7. The standard InChI is InChI=1S/C10H19ClO3/c1-8(2)4-5-10(3,9(12)13)14-7-6-11/h8H,4-7H2,1-3H3,(H,12,13). The van der Waals surface area contributed by atoms with Crippen molar-refractivity contribution < 1.29 is 14.6 Å². The molecule has 0 aromatic rings. The fraction of sp³-hybridized carbons (Fsp3) is 0.900. The first-order valence-corrected chi connectivity index (χ1v) is 5.39. The molecule has 84 valence electrons. The Bertz CT molecular complexity index is 182. The van der Waals surface area contributed by atoms with Crippen molar-refractivity contribution in [1.29, 1.82) is 0 Å². The summed E-state index contributed by atoms with van der Waals surface area (Å²) in [5, 5.41) is 9.00. The Hall–Kier alpha value is -0.280. The third-order valence-corrected chi connectivity index (χ3v) is 2.30. The molecule has 0 amide bonds. The first-order valence-electron chi connectivity index (χ1n) is 4.85. The average molecular weight is 223 g/mol. The van der Waals surface area contributed by atoms with E-state index in [0.29, 0.717) is 18.2 Å². The van der Waals surface area contributed by atoms with E-state index in [-0.39, 0.29) is 6.61 Å². The predicted octanol–water partition coefficient (Wildman–Crippen LogP) is 2.52. The predicted molar refractivity (Wildman–Crippen MR) is 56.8 cm³/mol. The molecule has 14 heavy (non-hydrogen) atoms. The van der Waals surface area contributed by atoms with Gasteiger partial charge < -0.3 is 9.84 Å². The van der Waals surface area contributed by atoms with E-state index in [0.717, 1.165) is 6.42 Å². The van der Waals surface area contributed by atoms with Crippen LogP contribution in [0, 0.1) is 5.92 Å². The second-order valence-electron chi connectivity index (χ2n) is 4.01. The van der Waals surface area contributed by atoms with Crippen molar-refractivity contribution in [2.75, 3.05) is 12.5 Å². The highest BCUT2D eigenvalue weighted by atomic mass is 35.5. The second-order valence-corrected chi connectivity index (χ2v) is 4.38. The molecule has 0 aromatic heterocycles. The average Bonchev–Trinajstić information content (AvgIpc) is 2.11. The molecule has 0 aliphatic rings. The molecule has 0 radical (unpaired) electrons. The number of alkyl halides is 1. The topological polar surface area (TPSA) is 46.5 Å². The van der Waals surface area contributed by atoms with Crippen LogP contribution in [-0.4, -0.2) is 29.2 Å². The molecule has 0 bridgehead atoms. The van der Waals surface area contributed by atoms with Crippen LogP contribution in [0.25, 0.3) is 0 Å². The van der Waals surface area contributed by atoms with Gasteiger partial charge in [0, 0.05) is 5.88 Å². The van der Waals surface area contributed by atoms with Gasteiger partial charge in [-0.2, -0.15) is 0 Å². The molecule has 0 aliphatic carbocycles. The number of hydrogen-bond acceptors (Lipinski definition) is 2. The Morgan fingerprint density at radius 3 is 2.50 bits per heavy atom. The highest BCUT2D eigenvalue weighted by Gasteiger charge is 2.33. The van der Waals surface area contributed by atoms with E-state index in [2.05, 4.69) is 13.8 Å². The Morgan fingerprint density at radius 2 is 2.14 bits per heavy atom. The van der Waals surface area contributed by atoms with Crippen molar-refractivity contribution in [2.24, 2.45) is 5.92 Å². The maximum absolute atomic E-state index is 11.0. The lowest BCUT2D eigenvalue weighted by molar-refractivity contribution is -0.164. The third kappa shape index (κ3) is 4.82. The fourth-order valence-electron chi connectivity index (χ4n) is 1.07. The number of ether oxygens (including phenoxy) is 1. The van der Waals surface area contributed by atoms with Gasteiger partial charge in [-0.1, -0.05) is 13.8 Å². The van der Waals surface area contributed by atoms with Crippen molar-refractivity contribution in [3.05, 3.63) is 0 Å². The molecule has 0 saturated heterocycles. The highest BCUT2D eigenvalue weighted by molar-refractivity contribution is 6.17. The minimum absolute atomic E-state index is 0.280. The van der Waals surface area contributed by atoms with Gasteiger partial charge in [0.2, 0.25) is 0 Å². The van der Waals surface area contributed by atoms with Gasteiger partial charge in [-0.15, -0.1) is 11.6 Å². The molecule has 0 aliphatic heterocycles. The van der Waals surface area contributed by atoms with Gasteiger partial charge in [-0.05, 0) is 25.7 Å². The normalized spacial score (nSPS) is 15.5. The van der Waals surface area contributed by atoms with E-state index in [9.17, 15) is 4.79 Å². The van der Waals surface area contributed by atoms with Crippen LogP contribution in [0.5, 0.6) is 0 Å².